The maximum Gasteiger partial charge on any atom is 0.434 e. The quantitative estimate of drug-likeness (QED) is 0.733. The number of likely N-dealkylation sites (tertiary alicyclic amines) is 1. The Balaban J connectivity index is 1.93. The Hall–Kier alpha value is -2.76. The molecule has 28 heavy (non-hydrogen) atoms. The number of Topliss-reactive ketones (excluding diaryl/α,β-unsaturated/α-hetero) is 1. The van der Waals surface area contributed by atoms with Crippen LogP contribution in [0, 0.1) is 29.1 Å². The van der Waals surface area contributed by atoms with Crippen LogP contribution in [0.3, 0.4) is 0 Å². The number of halogens is 3. The van der Waals surface area contributed by atoms with Gasteiger partial charge in [-0.05, 0) is 19.8 Å². The van der Waals surface area contributed by atoms with Gasteiger partial charge in [-0.25, -0.2) is 9.97 Å². The Morgan fingerprint density at radius 3 is 2.64 bits per heavy atom. The lowest BCUT2D eigenvalue weighted by Crippen LogP contribution is -2.41. The average Bonchev–Trinajstić information content (AvgIpc) is 2.99. The van der Waals surface area contributed by atoms with E-state index in [1.807, 2.05) is 6.07 Å². The van der Waals surface area contributed by atoms with Gasteiger partial charge in [0.15, 0.2) is 11.5 Å². The van der Waals surface area contributed by atoms with Gasteiger partial charge in [0.1, 0.15) is 11.9 Å². The van der Waals surface area contributed by atoms with Gasteiger partial charge in [-0.15, -0.1) is 0 Å². The van der Waals surface area contributed by atoms with Gasteiger partial charge in [0.2, 0.25) is 0 Å². The number of rotatable bonds is 1. The summed E-state index contributed by atoms with van der Waals surface area (Å²) in [5.41, 5.74) is -3.19. The molecule has 1 aromatic rings. The fourth-order valence-corrected chi connectivity index (χ4v) is 4.18. The third-order valence-corrected chi connectivity index (χ3v) is 5.30. The molecule has 2 heterocycles. The molecule has 1 aromatic heterocycles. The number of carbonyl (C=O) groups is 2. The first-order valence-electron chi connectivity index (χ1n) is 8.76. The molecule has 0 radical (unpaired) electrons. The van der Waals surface area contributed by atoms with Gasteiger partial charge >= 0.3 is 6.18 Å². The Kier molecular flexibility index (Phi) is 4.57. The molecule has 0 bridgehead atoms. The van der Waals surface area contributed by atoms with E-state index in [4.69, 9.17) is 0 Å². The van der Waals surface area contributed by atoms with E-state index >= 15 is 0 Å². The summed E-state index contributed by atoms with van der Waals surface area (Å²) >= 11 is 0. The number of aryl methyl sites for hydroxylation is 1. The van der Waals surface area contributed by atoms with Crippen LogP contribution in [0.25, 0.3) is 0 Å². The largest absolute Gasteiger partial charge is 0.434 e. The number of carbonyl (C=O) groups excluding carboxylic acids is 2. The van der Waals surface area contributed by atoms with Crippen molar-refractivity contribution in [1.82, 2.24) is 14.9 Å². The van der Waals surface area contributed by atoms with Gasteiger partial charge < -0.3 is 4.90 Å². The van der Waals surface area contributed by atoms with Crippen molar-refractivity contribution in [2.24, 2.45) is 10.8 Å². The summed E-state index contributed by atoms with van der Waals surface area (Å²) in [6, 6.07) is 1.91. The smallest absolute Gasteiger partial charge is 0.338 e. The zero-order valence-corrected chi connectivity index (χ0v) is 15.7. The van der Waals surface area contributed by atoms with E-state index < -0.39 is 34.2 Å². The molecule has 1 saturated heterocycles. The molecule has 2 aliphatic rings. The summed E-state index contributed by atoms with van der Waals surface area (Å²) in [7, 11) is 0. The Morgan fingerprint density at radius 2 is 2.04 bits per heavy atom. The molecule has 148 valence electrons. The van der Waals surface area contributed by atoms with Crippen molar-refractivity contribution in [3.63, 3.8) is 0 Å². The molecule has 9 heteroatoms. The lowest BCUT2D eigenvalue weighted by atomic mass is 9.64. The van der Waals surface area contributed by atoms with Crippen LogP contribution in [0.15, 0.2) is 17.8 Å². The Labute approximate surface area is 160 Å². The summed E-state index contributed by atoms with van der Waals surface area (Å²) in [6.07, 6.45) is -1.39. The molecule has 1 amide bonds. The number of nitrogens with zero attached hydrogens (tertiary/aromatic N) is 4. The predicted molar refractivity (Wildman–Crippen MR) is 91.8 cm³/mol. The molecular formula is C19H19F3N4O2. The highest BCUT2D eigenvalue weighted by Crippen LogP contribution is 2.48. The summed E-state index contributed by atoms with van der Waals surface area (Å²) in [5, 5.41) is 9.28. The monoisotopic (exact) mass is 392 g/mol. The van der Waals surface area contributed by atoms with Crippen molar-refractivity contribution in [2.45, 2.75) is 39.8 Å². The number of hydrogen-bond donors (Lipinski definition) is 0. The van der Waals surface area contributed by atoms with E-state index in [9.17, 15) is 28.0 Å². The molecular weight excluding hydrogens is 373 g/mol. The average molecular weight is 392 g/mol. The molecule has 3 rings (SSSR count). The first-order valence-corrected chi connectivity index (χ1v) is 8.76. The highest BCUT2D eigenvalue weighted by Gasteiger charge is 2.49. The van der Waals surface area contributed by atoms with Gasteiger partial charge in [0, 0.05) is 30.1 Å². The van der Waals surface area contributed by atoms with Crippen molar-refractivity contribution in [3.8, 4) is 6.07 Å². The van der Waals surface area contributed by atoms with Crippen LogP contribution in [-0.4, -0.2) is 39.6 Å². The van der Waals surface area contributed by atoms with E-state index in [1.165, 1.54) is 11.8 Å². The van der Waals surface area contributed by atoms with Gasteiger partial charge in [-0.1, -0.05) is 19.9 Å². The van der Waals surface area contributed by atoms with E-state index in [2.05, 4.69) is 9.97 Å². The van der Waals surface area contributed by atoms with Gasteiger partial charge in [-0.2, -0.15) is 18.4 Å². The Morgan fingerprint density at radius 1 is 1.36 bits per heavy atom. The second-order valence-corrected chi connectivity index (χ2v) is 8.08. The minimum absolute atomic E-state index is 0.0419. The first kappa shape index (κ1) is 20.0. The van der Waals surface area contributed by atoms with Crippen LogP contribution < -0.4 is 0 Å². The lowest BCUT2D eigenvalue weighted by molar-refractivity contribution is -0.141. The highest BCUT2D eigenvalue weighted by atomic mass is 19.4. The van der Waals surface area contributed by atoms with Crippen LogP contribution in [-0.2, 0) is 11.0 Å². The number of hydrogen-bond acceptors (Lipinski definition) is 5. The number of aromatic nitrogens is 2. The van der Waals surface area contributed by atoms with E-state index in [0.717, 1.165) is 6.20 Å². The lowest BCUT2D eigenvalue weighted by Gasteiger charge is -2.38. The highest BCUT2D eigenvalue weighted by molar-refractivity contribution is 6.04. The van der Waals surface area contributed by atoms with E-state index in [0.29, 0.717) is 12.8 Å². The molecule has 1 aliphatic carbocycles. The zero-order chi connectivity index (χ0) is 20.9. The second kappa shape index (κ2) is 6.40. The van der Waals surface area contributed by atoms with Crippen LogP contribution in [0.2, 0.25) is 0 Å². The fourth-order valence-electron chi connectivity index (χ4n) is 4.18. The van der Waals surface area contributed by atoms with Crippen LogP contribution in [0.1, 0.15) is 48.6 Å². The van der Waals surface area contributed by atoms with Gasteiger partial charge in [0.05, 0.1) is 11.1 Å². The van der Waals surface area contributed by atoms with E-state index in [1.54, 1.807) is 19.9 Å². The van der Waals surface area contributed by atoms with Crippen LogP contribution in [0.4, 0.5) is 13.2 Å². The van der Waals surface area contributed by atoms with Gasteiger partial charge in [-0.3, -0.25) is 9.59 Å². The molecule has 0 N–H and O–H groups in total. The Bertz CT molecular complexity index is 930. The van der Waals surface area contributed by atoms with E-state index in [-0.39, 0.29) is 30.3 Å². The topological polar surface area (TPSA) is 87.0 Å². The van der Waals surface area contributed by atoms with Crippen LogP contribution in [0.5, 0.6) is 0 Å². The third kappa shape index (κ3) is 3.39. The fraction of sp³-hybridized carbons (Fsp3) is 0.526. The summed E-state index contributed by atoms with van der Waals surface area (Å²) in [5.74, 6) is -1.13. The molecule has 0 unspecified atom stereocenters. The maximum atomic E-state index is 13.3. The summed E-state index contributed by atoms with van der Waals surface area (Å²) in [4.78, 5) is 33.6. The van der Waals surface area contributed by atoms with Crippen LogP contribution >= 0.6 is 0 Å². The molecule has 0 saturated carbocycles. The minimum Gasteiger partial charge on any atom is -0.338 e. The predicted octanol–water partition coefficient (Wildman–Crippen LogP) is 3.09. The number of alkyl halides is 3. The van der Waals surface area contributed by atoms with Crippen molar-refractivity contribution >= 4 is 11.7 Å². The zero-order valence-electron chi connectivity index (χ0n) is 15.7. The molecule has 1 atom stereocenters. The van der Waals surface area contributed by atoms with Crippen molar-refractivity contribution in [3.05, 3.63) is 34.9 Å². The molecule has 1 fully saturated rings. The molecule has 1 aliphatic heterocycles. The normalized spacial score (nSPS) is 24.2. The van der Waals surface area contributed by atoms with Crippen molar-refractivity contribution < 1.29 is 22.8 Å². The van der Waals surface area contributed by atoms with Crippen molar-refractivity contribution in [2.75, 3.05) is 13.1 Å². The third-order valence-electron chi connectivity index (χ3n) is 5.30. The number of allylic oxidation sites excluding steroid dienone is 1. The maximum absolute atomic E-state index is 13.3. The number of nitriles is 1. The summed E-state index contributed by atoms with van der Waals surface area (Å²) in [6.45, 7) is 5.16. The molecule has 1 spiro atoms. The summed E-state index contributed by atoms with van der Waals surface area (Å²) < 4.78 is 40.0. The number of amides is 1. The molecule has 6 nitrogen and oxygen atoms in total. The van der Waals surface area contributed by atoms with Crippen molar-refractivity contribution in [1.29, 1.82) is 5.26 Å². The standard InChI is InChI=1S/C19H19F3N4O2/c1-11-24-8-13(14(25-11)19(20,21)22)16(28)26-5-4-18(10-26)6-12(7-23)15(27)17(2,3)9-18/h6,8H,4-5,9-10H2,1-3H3/t18-/m0/s1. The SMILES string of the molecule is Cc1ncc(C(=O)N2CC[C@@]3(C=C(C#N)C(=O)C(C)(C)C3)C2)c(C(F)(F)F)n1. The second-order valence-electron chi connectivity index (χ2n) is 8.08. The number of ketones is 1. The first-order chi connectivity index (χ1) is 12.9. The van der Waals surface area contributed by atoms with Gasteiger partial charge in [0.25, 0.3) is 5.91 Å². The molecule has 0 aromatic carbocycles. The minimum atomic E-state index is -4.77.